The van der Waals surface area contributed by atoms with Crippen molar-refractivity contribution in [2.24, 2.45) is 0 Å². The molecule has 0 bridgehead atoms. The number of nitrogens with one attached hydrogen (secondary N) is 1. The van der Waals surface area contributed by atoms with E-state index < -0.39 is 11.8 Å². The number of carbonyl (C=O) groups excluding carboxylic acids is 2. The number of ether oxygens (including phenoxy) is 1. The molecule has 0 spiro atoms. The van der Waals surface area contributed by atoms with Crippen LogP contribution in [0.5, 0.6) is 0 Å². The summed E-state index contributed by atoms with van der Waals surface area (Å²) in [4.78, 5) is 26.1. The second-order valence-corrected chi connectivity index (χ2v) is 8.41. The van der Waals surface area contributed by atoms with Crippen LogP contribution in [-0.2, 0) is 16.9 Å². The molecule has 1 N–H and O–H groups in total. The molecule has 8 heteroatoms. The molecular formula is C20H17FN2O3S2. The van der Waals surface area contributed by atoms with E-state index in [-0.39, 0.29) is 17.2 Å². The fraction of sp³-hybridized carbons (Fsp3) is 0.200. The van der Waals surface area contributed by atoms with Crippen molar-refractivity contribution in [2.75, 3.05) is 18.2 Å². The molecule has 3 aromatic rings. The summed E-state index contributed by atoms with van der Waals surface area (Å²) in [6.07, 6.45) is 4.57. The van der Waals surface area contributed by atoms with Crippen LogP contribution in [0.4, 0.5) is 10.1 Å². The van der Waals surface area contributed by atoms with Crippen LogP contribution in [0.15, 0.2) is 42.7 Å². The number of carbonyl (C=O) groups is 2. The third-order valence-electron chi connectivity index (χ3n) is 4.50. The number of fused-ring (bicyclic) bond motifs is 1. The standard InChI is InChI=1S/C20H17FN2O3S2/c1-26-20(25)12-4-5-14(21)15(10-12)22-18(24)17-13-6-9-27-11-16(13)28-19(17)23-7-2-3-8-23/h2-5,7-8,10H,6,9,11H2,1H3,(H,22,24). The number of hydrogen-bond donors (Lipinski definition) is 1. The summed E-state index contributed by atoms with van der Waals surface area (Å²) in [5.74, 6) is 0.236. The lowest BCUT2D eigenvalue weighted by atomic mass is 10.1. The normalized spacial score (nSPS) is 13.1. The number of benzene rings is 1. The number of nitrogens with zero attached hydrogens (tertiary/aromatic N) is 1. The van der Waals surface area contributed by atoms with Gasteiger partial charge in [0.05, 0.1) is 23.9 Å². The van der Waals surface area contributed by atoms with Gasteiger partial charge >= 0.3 is 5.97 Å². The molecule has 4 rings (SSSR count). The molecule has 144 valence electrons. The lowest BCUT2D eigenvalue weighted by molar-refractivity contribution is 0.0600. The van der Waals surface area contributed by atoms with Crippen molar-refractivity contribution in [3.8, 4) is 5.00 Å². The summed E-state index contributed by atoms with van der Waals surface area (Å²) in [5.41, 5.74) is 1.72. The molecule has 1 aromatic carbocycles. The Kier molecular flexibility index (Phi) is 5.23. The maximum absolute atomic E-state index is 14.3. The van der Waals surface area contributed by atoms with Crippen molar-refractivity contribution in [3.63, 3.8) is 0 Å². The molecule has 0 radical (unpaired) electrons. The van der Waals surface area contributed by atoms with Gasteiger partial charge in [0, 0.05) is 23.0 Å². The number of amides is 1. The predicted octanol–water partition coefficient (Wildman–Crippen LogP) is 4.51. The van der Waals surface area contributed by atoms with Crippen molar-refractivity contribution < 1.29 is 18.7 Å². The van der Waals surface area contributed by atoms with Gasteiger partial charge in [-0.2, -0.15) is 11.8 Å². The van der Waals surface area contributed by atoms with Gasteiger partial charge in [-0.15, -0.1) is 11.3 Å². The first-order chi connectivity index (χ1) is 13.6. The Morgan fingerprint density at radius 1 is 1.25 bits per heavy atom. The van der Waals surface area contributed by atoms with Crippen LogP contribution in [0, 0.1) is 5.82 Å². The van der Waals surface area contributed by atoms with E-state index in [9.17, 15) is 14.0 Å². The van der Waals surface area contributed by atoms with Gasteiger partial charge in [-0.3, -0.25) is 4.79 Å². The Morgan fingerprint density at radius 2 is 2.04 bits per heavy atom. The number of aromatic nitrogens is 1. The SMILES string of the molecule is COC(=O)c1ccc(F)c(NC(=O)c2c(-n3cccc3)sc3c2CCSC3)c1. The van der Waals surface area contributed by atoms with E-state index in [2.05, 4.69) is 10.1 Å². The number of thiophene rings is 1. The van der Waals surface area contributed by atoms with E-state index >= 15 is 0 Å². The van der Waals surface area contributed by atoms with Crippen LogP contribution in [0.1, 0.15) is 31.2 Å². The Bertz CT molecular complexity index is 1040. The molecule has 5 nitrogen and oxygen atoms in total. The van der Waals surface area contributed by atoms with Gasteiger partial charge in [0.2, 0.25) is 0 Å². The van der Waals surface area contributed by atoms with E-state index in [4.69, 9.17) is 0 Å². The van der Waals surface area contributed by atoms with Crippen LogP contribution >= 0.6 is 23.1 Å². The molecule has 0 unspecified atom stereocenters. The van der Waals surface area contributed by atoms with E-state index in [1.54, 1.807) is 11.3 Å². The molecule has 0 aliphatic carbocycles. The van der Waals surface area contributed by atoms with Crippen molar-refractivity contribution in [1.29, 1.82) is 0 Å². The maximum Gasteiger partial charge on any atom is 0.337 e. The zero-order valence-corrected chi connectivity index (χ0v) is 16.7. The van der Waals surface area contributed by atoms with Crippen molar-refractivity contribution >= 4 is 40.7 Å². The molecule has 0 saturated heterocycles. The van der Waals surface area contributed by atoms with Crippen molar-refractivity contribution in [1.82, 2.24) is 4.57 Å². The molecule has 1 amide bonds. The van der Waals surface area contributed by atoms with Crippen LogP contribution in [0.3, 0.4) is 0 Å². The van der Waals surface area contributed by atoms with E-state index in [1.807, 2.05) is 40.9 Å². The number of rotatable bonds is 4. The summed E-state index contributed by atoms with van der Waals surface area (Å²) in [5, 5.41) is 3.47. The third-order valence-corrected chi connectivity index (χ3v) is 6.92. The lowest BCUT2D eigenvalue weighted by Crippen LogP contribution is -2.18. The third kappa shape index (κ3) is 3.45. The van der Waals surface area contributed by atoms with Gasteiger partial charge in [-0.1, -0.05) is 0 Å². The number of methoxy groups -OCH3 is 1. The molecule has 3 heterocycles. The van der Waals surface area contributed by atoms with E-state index in [0.29, 0.717) is 5.56 Å². The van der Waals surface area contributed by atoms with Gasteiger partial charge in [0.15, 0.2) is 0 Å². The van der Waals surface area contributed by atoms with Gasteiger partial charge in [-0.05, 0) is 48.1 Å². The average molecular weight is 416 g/mol. The first kappa shape index (κ1) is 18.8. The molecule has 0 saturated carbocycles. The summed E-state index contributed by atoms with van der Waals surface area (Å²) in [6.45, 7) is 0. The number of esters is 1. The van der Waals surface area contributed by atoms with Crippen LogP contribution < -0.4 is 5.32 Å². The molecular weight excluding hydrogens is 399 g/mol. The summed E-state index contributed by atoms with van der Waals surface area (Å²) in [6, 6.07) is 7.56. The quantitative estimate of drug-likeness (QED) is 0.636. The van der Waals surface area contributed by atoms with Crippen LogP contribution in [-0.4, -0.2) is 29.3 Å². The summed E-state index contributed by atoms with van der Waals surface area (Å²) in [7, 11) is 1.25. The maximum atomic E-state index is 14.3. The highest BCUT2D eigenvalue weighted by atomic mass is 32.2. The average Bonchev–Trinajstić information content (AvgIpc) is 3.36. The number of hydrogen-bond acceptors (Lipinski definition) is 5. The van der Waals surface area contributed by atoms with Crippen LogP contribution in [0.25, 0.3) is 5.00 Å². The summed E-state index contributed by atoms with van der Waals surface area (Å²) < 4.78 is 20.9. The first-order valence-corrected chi connectivity index (χ1v) is 10.6. The smallest absolute Gasteiger partial charge is 0.337 e. The molecule has 0 fully saturated rings. The zero-order chi connectivity index (χ0) is 19.7. The molecule has 1 aliphatic heterocycles. The molecule has 28 heavy (non-hydrogen) atoms. The highest BCUT2D eigenvalue weighted by Crippen LogP contribution is 2.38. The highest BCUT2D eigenvalue weighted by Gasteiger charge is 2.27. The Hall–Kier alpha value is -2.58. The highest BCUT2D eigenvalue weighted by molar-refractivity contribution is 7.98. The van der Waals surface area contributed by atoms with Gasteiger partial charge in [0.1, 0.15) is 10.8 Å². The second kappa shape index (κ2) is 7.81. The van der Waals surface area contributed by atoms with Gasteiger partial charge in [-0.25, -0.2) is 9.18 Å². The van der Waals surface area contributed by atoms with Crippen molar-refractivity contribution in [3.05, 3.63) is 70.1 Å². The number of halogens is 1. The van der Waals surface area contributed by atoms with Crippen molar-refractivity contribution in [2.45, 2.75) is 12.2 Å². The van der Waals surface area contributed by atoms with Crippen LogP contribution in [0.2, 0.25) is 0 Å². The molecule has 0 atom stereocenters. The monoisotopic (exact) mass is 416 g/mol. The molecule has 2 aromatic heterocycles. The molecule has 1 aliphatic rings. The summed E-state index contributed by atoms with van der Waals surface area (Å²) >= 11 is 3.43. The topological polar surface area (TPSA) is 60.3 Å². The lowest BCUT2D eigenvalue weighted by Gasteiger charge is -2.14. The van der Waals surface area contributed by atoms with Gasteiger partial charge < -0.3 is 14.6 Å². The second-order valence-electron chi connectivity index (χ2n) is 6.22. The Balaban J connectivity index is 1.73. The van der Waals surface area contributed by atoms with Gasteiger partial charge in [0.25, 0.3) is 5.91 Å². The minimum atomic E-state index is -0.608. The fourth-order valence-corrected chi connectivity index (χ4v) is 5.60. The van der Waals surface area contributed by atoms with E-state index in [1.165, 1.54) is 24.1 Å². The zero-order valence-electron chi connectivity index (χ0n) is 15.0. The first-order valence-electron chi connectivity index (χ1n) is 8.63. The number of anilines is 1. The Morgan fingerprint density at radius 3 is 2.79 bits per heavy atom. The van der Waals surface area contributed by atoms with E-state index in [0.717, 1.165) is 34.6 Å². The minimum Gasteiger partial charge on any atom is -0.465 e. The predicted molar refractivity (Wildman–Crippen MR) is 109 cm³/mol. The fourth-order valence-electron chi connectivity index (χ4n) is 3.15. The Labute approximate surface area is 169 Å². The number of thioether (sulfide) groups is 1. The largest absolute Gasteiger partial charge is 0.465 e. The minimum absolute atomic E-state index is 0.0449.